The number of aryl methyl sites for hydroxylation is 1. The van der Waals surface area contributed by atoms with Crippen molar-refractivity contribution in [3.63, 3.8) is 0 Å². The maximum Gasteiger partial charge on any atom is 0.0667 e. The summed E-state index contributed by atoms with van der Waals surface area (Å²) in [6.07, 6.45) is 6.05. The highest BCUT2D eigenvalue weighted by Crippen LogP contribution is 2.16. The first-order valence-corrected chi connectivity index (χ1v) is 5.11. The zero-order valence-electron chi connectivity index (χ0n) is 8.49. The molecule has 0 amide bonds. The number of pyridine rings is 1. The average Bonchev–Trinajstić information content (AvgIpc) is 2.23. The minimum atomic E-state index is 0.463. The molecule has 0 aromatic carbocycles. The molecule has 2 heterocycles. The molecule has 1 unspecified atom stereocenters. The molecule has 3 nitrogen and oxygen atoms in total. The summed E-state index contributed by atoms with van der Waals surface area (Å²) >= 11 is 0. The molecule has 1 fully saturated rings. The van der Waals surface area contributed by atoms with E-state index in [-0.39, 0.29) is 0 Å². The van der Waals surface area contributed by atoms with E-state index >= 15 is 0 Å². The van der Waals surface area contributed by atoms with E-state index in [9.17, 15) is 0 Å². The number of aromatic nitrogens is 1. The maximum absolute atomic E-state index is 5.42. The zero-order valence-corrected chi connectivity index (χ0v) is 8.49. The van der Waals surface area contributed by atoms with Crippen molar-refractivity contribution in [1.82, 2.24) is 4.98 Å². The Hall–Kier alpha value is -1.09. The molecular formula is C11H16N2O. The van der Waals surface area contributed by atoms with E-state index in [1.54, 1.807) is 0 Å². The van der Waals surface area contributed by atoms with Crippen molar-refractivity contribution in [2.45, 2.75) is 25.8 Å². The molecule has 76 valence electrons. The van der Waals surface area contributed by atoms with Crippen LogP contribution in [0.3, 0.4) is 0 Å². The predicted molar refractivity (Wildman–Crippen MR) is 56.4 cm³/mol. The first-order chi connectivity index (χ1) is 6.86. The number of rotatable bonds is 2. The summed E-state index contributed by atoms with van der Waals surface area (Å²) in [5.74, 6) is 0. The van der Waals surface area contributed by atoms with Crippen LogP contribution in [0.1, 0.15) is 18.4 Å². The van der Waals surface area contributed by atoms with Gasteiger partial charge in [-0.25, -0.2) is 0 Å². The highest BCUT2D eigenvalue weighted by molar-refractivity contribution is 5.49. The minimum absolute atomic E-state index is 0.463. The zero-order chi connectivity index (χ0) is 9.80. The van der Waals surface area contributed by atoms with Gasteiger partial charge in [0.05, 0.1) is 6.61 Å². The van der Waals surface area contributed by atoms with E-state index in [2.05, 4.69) is 17.2 Å². The molecule has 1 N–H and O–H groups in total. The standard InChI is InChI=1S/C11H16N2O/c1-9-7-12-5-4-11(9)13-10-3-2-6-14-8-10/h4-5,7,10H,2-3,6,8H2,1H3,(H,12,13). The number of ether oxygens (including phenoxy) is 1. The Morgan fingerprint density at radius 3 is 3.21 bits per heavy atom. The lowest BCUT2D eigenvalue weighted by molar-refractivity contribution is 0.0876. The van der Waals surface area contributed by atoms with Crippen molar-refractivity contribution in [2.24, 2.45) is 0 Å². The van der Waals surface area contributed by atoms with Crippen LogP contribution < -0.4 is 5.32 Å². The van der Waals surface area contributed by atoms with Gasteiger partial charge in [-0.3, -0.25) is 4.98 Å². The van der Waals surface area contributed by atoms with Crippen molar-refractivity contribution < 1.29 is 4.74 Å². The van der Waals surface area contributed by atoms with Crippen LogP contribution in [-0.4, -0.2) is 24.2 Å². The Bertz CT molecular complexity index is 295. The Morgan fingerprint density at radius 2 is 2.50 bits per heavy atom. The van der Waals surface area contributed by atoms with Gasteiger partial charge >= 0.3 is 0 Å². The largest absolute Gasteiger partial charge is 0.380 e. The van der Waals surface area contributed by atoms with Crippen LogP contribution >= 0.6 is 0 Å². The number of hydrogen-bond donors (Lipinski definition) is 1. The predicted octanol–water partition coefficient (Wildman–Crippen LogP) is 1.98. The Labute approximate surface area is 84.5 Å². The topological polar surface area (TPSA) is 34.2 Å². The first-order valence-electron chi connectivity index (χ1n) is 5.11. The summed E-state index contributed by atoms with van der Waals surface area (Å²) in [4.78, 5) is 4.07. The van der Waals surface area contributed by atoms with Gasteiger partial charge in [0.15, 0.2) is 0 Å². The second kappa shape index (κ2) is 4.42. The maximum atomic E-state index is 5.42. The summed E-state index contributed by atoms with van der Waals surface area (Å²) < 4.78 is 5.42. The van der Waals surface area contributed by atoms with E-state index in [1.807, 2.05) is 18.5 Å². The number of nitrogens with one attached hydrogen (secondary N) is 1. The molecule has 0 saturated carbocycles. The molecule has 3 heteroatoms. The smallest absolute Gasteiger partial charge is 0.0667 e. The van der Waals surface area contributed by atoms with Gasteiger partial charge in [0, 0.05) is 30.7 Å². The third kappa shape index (κ3) is 2.23. The minimum Gasteiger partial charge on any atom is -0.380 e. The summed E-state index contributed by atoms with van der Waals surface area (Å²) in [6, 6.07) is 2.48. The fourth-order valence-corrected chi connectivity index (χ4v) is 1.71. The third-order valence-corrected chi connectivity index (χ3v) is 2.54. The van der Waals surface area contributed by atoms with Crippen LogP contribution in [0.5, 0.6) is 0 Å². The van der Waals surface area contributed by atoms with Gasteiger partial charge in [-0.15, -0.1) is 0 Å². The van der Waals surface area contributed by atoms with E-state index in [4.69, 9.17) is 4.74 Å². The molecule has 1 aromatic heterocycles. The molecule has 1 aliphatic rings. The average molecular weight is 192 g/mol. The lowest BCUT2D eigenvalue weighted by Gasteiger charge is -2.24. The Kier molecular flexibility index (Phi) is 2.99. The van der Waals surface area contributed by atoms with Crippen molar-refractivity contribution in [2.75, 3.05) is 18.5 Å². The summed E-state index contributed by atoms with van der Waals surface area (Å²) in [5.41, 5.74) is 2.37. The van der Waals surface area contributed by atoms with Crippen LogP contribution in [0.2, 0.25) is 0 Å². The third-order valence-electron chi connectivity index (χ3n) is 2.54. The number of hydrogen-bond acceptors (Lipinski definition) is 3. The van der Waals surface area contributed by atoms with Crippen molar-refractivity contribution in [1.29, 1.82) is 0 Å². The normalized spacial score (nSPS) is 21.9. The molecule has 1 saturated heterocycles. The molecule has 0 bridgehead atoms. The van der Waals surface area contributed by atoms with Crippen LogP contribution in [0, 0.1) is 6.92 Å². The fraction of sp³-hybridized carbons (Fsp3) is 0.545. The Balaban J connectivity index is 1.99. The summed E-state index contributed by atoms with van der Waals surface area (Å²) in [6.45, 7) is 3.80. The van der Waals surface area contributed by atoms with Gasteiger partial charge in [0.25, 0.3) is 0 Å². The van der Waals surface area contributed by atoms with E-state index in [0.717, 1.165) is 19.6 Å². The molecule has 14 heavy (non-hydrogen) atoms. The Morgan fingerprint density at radius 1 is 1.57 bits per heavy atom. The SMILES string of the molecule is Cc1cnccc1NC1CCCOC1. The monoisotopic (exact) mass is 192 g/mol. The van der Waals surface area contributed by atoms with E-state index in [0.29, 0.717) is 6.04 Å². The molecule has 1 aromatic rings. The molecule has 0 radical (unpaired) electrons. The molecular weight excluding hydrogens is 176 g/mol. The highest BCUT2D eigenvalue weighted by Gasteiger charge is 2.13. The lowest BCUT2D eigenvalue weighted by Crippen LogP contribution is -2.30. The van der Waals surface area contributed by atoms with E-state index in [1.165, 1.54) is 17.7 Å². The number of nitrogens with zero attached hydrogens (tertiary/aromatic N) is 1. The molecule has 0 aliphatic carbocycles. The van der Waals surface area contributed by atoms with Crippen LogP contribution in [0.15, 0.2) is 18.5 Å². The van der Waals surface area contributed by atoms with E-state index < -0.39 is 0 Å². The number of anilines is 1. The van der Waals surface area contributed by atoms with Crippen molar-refractivity contribution in [3.05, 3.63) is 24.0 Å². The molecule has 1 aliphatic heterocycles. The summed E-state index contributed by atoms with van der Waals surface area (Å²) in [7, 11) is 0. The van der Waals surface area contributed by atoms with Gasteiger partial charge in [-0.1, -0.05) is 0 Å². The van der Waals surface area contributed by atoms with Gasteiger partial charge in [-0.2, -0.15) is 0 Å². The highest BCUT2D eigenvalue weighted by atomic mass is 16.5. The quantitative estimate of drug-likeness (QED) is 0.778. The van der Waals surface area contributed by atoms with Crippen LogP contribution in [-0.2, 0) is 4.74 Å². The van der Waals surface area contributed by atoms with Crippen LogP contribution in [0.4, 0.5) is 5.69 Å². The van der Waals surface area contributed by atoms with Gasteiger partial charge < -0.3 is 10.1 Å². The fourth-order valence-electron chi connectivity index (χ4n) is 1.71. The summed E-state index contributed by atoms with van der Waals surface area (Å²) in [5, 5.41) is 3.48. The van der Waals surface area contributed by atoms with Crippen LogP contribution in [0.25, 0.3) is 0 Å². The molecule has 2 rings (SSSR count). The van der Waals surface area contributed by atoms with Crippen molar-refractivity contribution in [3.8, 4) is 0 Å². The second-order valence-electron chi connectivity index (χ2n) is 3.75. The molecule has 0 spiro atoms. The van der Waals surface area contributed by atoms with Gasteiger partial charge in [-0.05, 0) is 31.4 Å². The van der Waals surface area contributed by atoms with Crippen molar-refractivity contribution >= 4 is 5.69 Å². The lowest BCUT2D eigenvalue weighted by atomic mass is 10.1. The second-order valence-corrected chi connectivity index (χ2v) is 3.75. The van der Waals surface area contributed by atoms with Gasteiger partial charge in [0.1, 0.15) is 0 Å². The van der Waals surface area contributed by atoms with Gasteiger partial charge in [0.2, 0.25) is 0 Å². The molecule has 1 atom stereocenters. The first kappa shape index (κ1) is 9.46.